The zero-order valence-corrected chi connectivity index (χ0v) is 11.8. The maximum Gasteiger partial charge on any atom is 0.250 e. The second kappa shape index (κ2) is 5.09. The van der Waals surface area contributed by atoms with Gasteiger partial charge in [0.1, 0.15) is 0 Å². The summed E-state index contributed by atoms with van der Waals surface area (Å²) in [5.41, 5.74) is 13.2. The summed E-state index contributed by atoms with van der Waals surface area (Å²) < 4.78 is 0. The van der Waals surface area contributed by atoms with Crippen LogP contribution >= 0.6 is 0 Å². The highest BCUT2D eigenvalue weighted by atomic mass is 16.1. The van der Waals surface area contributed by atoms with E-state index in [1.54, 1.807) is 6.07 Å². The Morgan fingerprint density at radius 3 is 2.37 bits per heavy atom. The molecule has 2 atom stereocenters. The van der Waals surface area contributed by atoms with E-state index in [-0.39, 0.29) is 0 Å². The topological polar surface area (TPSA) is 75.6 Å². The summed E-state index contributed by atoms with van der Waals surface area (Å²) in [4.78, 5) is 15.9. The normalized spacial score (nSPS) is 24.5. The molecule has 0 aromatic heterocycles. The maximum atomic E-state index is 11.4. The third-order valence-corrected chi connectivity index (χ3v) is 4.05. The molecule has 1 fully saturated rings. The lowest BCUT2D eigenvalue weighted by Crippen LogP contribution is -2.55. The molecular formula is C14H22N4O. The molecule has 4 N–H and O–H groups in total. The fourth-order valence-corrected chi connectivity index (χ4v) is 2.64. The molecule has 1 aliphatic rings. The molecule has 0 spiro atoms. The number of piperazine rings is 1. The first kappa shape index (κ1) is 13.7. The van der Waals surface area contributed by atoms with Gasteiger partial charge in [-0.25, -0.2) is 0 Å². The molecule has 2 rings (SSSR count). The van der Waals surface area contributed by atoms with Crippen LogP contribution in [-0.4, -0.2) is 43.0 Å². The van der Waals surface area contributed by atoms with E-state index in [2.05, 4.69) is 30.7 Å². The summed E-state index contributed by atoms with van der Waals surface area (Å²) in [5.74, 6) is -0.477. The van der Waals surface area contributed by atoms with Crippen molar-refractivity contribution in [2.75, 3.05) is 30.8 Å². The van der Waals surface area contributed by atoms with Crippen LogP contribution in [0.25, 0.3) is 0 Å². The lowest BCUT2D eigenvalue weighted by Gasteiger charge is -2.43. The molecule has 2 unspecified atom stereocenters. The molecule has 1 amide bonds. The van der Waals surface area contributed by atoms with Crippen LogP contribution in [0.1, 0.15) is 24.2 Å². The molecule has 1 aromatic carbocycles. The average molecular weight is 262 g/mol. The number of likely N-dealkylation sites (N-methyl/N-ethyl adjacent to an activating group) is 1. The first-order valence-corrected chi connectivity index (χ1v) is 6.57. The lowest BCUT2D eigenvalue weighted by molar-refractivity contribution is 0.100. The van der Waals surface area contributed by atoms with Gasteiger partial charge in [0.2, 0.25) is 0 Å². The van der Waals surface area contributed by atoms with E-state index in [9.17, 15) is 4.79 Å². The van der Waals surface area contributed by atoms with E-state index in [4.69, 9.17) is 11.5 Å². The van der Waals surface area contributed by atoms with Crippen LogP contribution in [0.2, 0.25) is 0 Å². The predicted molar refractivity (Wildman–Crippen MR) is 78.3 cm³/mol. The van der Waals surface area contributed by atoms with Crippen LogP contribution < -0.4 is 16.4 Å². The Morgan fingerprint density at radius 2 is 1.84 bits per heavy atom. The molecule has 5 heteroatoms. The van der Waals surface area contributed by atoms with Gasteiger partial charge in [-0.05, 0) is 33.0 Å². The number of para-hydroxylation sites is 1. The summed E-state index contributed by atoms with van der Waals surface area (Å²) in [6.45, 7) is 6.17. The van der Waals surface area contributed by atoms with Gasteiger partial charge in [-0.3, -0.25) is 9.69 Å². The standard InChI is InChI=1S/C14H22N4O/c1-9-7-18(8-10(2)17(9)3)12-6-4-5-11(13(12)15)14(16)19/h4-6,9-10H,7-8,15H2,1-3H3,(H2,16,19). The summed E-state index contributed by atoms with van der Waals surface area (Å²) in [6, 6.07) is 6.34. The average Bonchev–Trinajstić information content (AvgIpc) is 2.35. The summed E-state index contributed by atoms with van der Waals surface area (Å²) in [5, 5.41) is 0. The van der Waals surface area contributed by atoms with E-state index in [0.717, 1.165) is 18.8 Å². The van der Waals surface area contributed by atoms with Gasteiger partial charge in [-0.15, -0.1) is 0 Å². The first-order valence-electron chi connectivity index (χ1n) is 6.57. The number of hydrogen-bond donors (Lipinski definition) is 2. The summed E-state index contributed by atoms with van der Waals surface area (Å²) >= 11 is 0. The second-order valence-electron chi connectivity index (χ2n) is 5.37. The molecule has 0 saturated carbocycles. The van der Waals surface area contributed by atoms with E-state index in [1.165, 1.54) is 0 Å². The number of carbonyl (C=O) groups is 1. The molecule has 0 bridgehead atoms. The van der Waals surface area contributed by atoms with Gasteiger partial charge >= 0.3 is 0 Å². The number of nitrogens with zero attached hydrogens (tertiary/aromatic N) is 2. The van der Waals surface area contributed by atoms with Crippen molar-refractivity contribution in [1.29, 1.82) is 0 Å². The number of carbonyl (C=O) groups excluding carboxylic acids is 1. The van der Waals surface area contributed by atoms with Crippen molar-refractivity contribution >= 4 is 17.3 Å². The Balaban J connectivity index is 2.32. The number of anilines is 2. The van der Waals surface area contributed by atoms with Crippen molar-refractivity contribution in [3.63, 3.8) is 0 Å². The molecular weight excluding hydrogens is 240 g/mol. The van der Waals surface area contributed by atoms with E-state index >= 15 is 0 Å². The fourth-order valence-electron chi connectivity index (χ4n) is 2.64. The van der Waals surface area contributed by atoms with Crippen molar-refractivity contribution in [2.24, 2.45) is 5.73 Å². The Hall–Kier alpha value is -1.75. The second-order valence-corrected chi connectivity index (χ2v) is 5.37. The van der Waals surface area contributed by atoms with Gasteiger partial charge in [-0.2, -0.15) is 0 Å². The molecule has 19 heavy (non-hydrogen) atoms. The monoisotopic (exact) mass is 262 g/mol. The molecule has 1 aliphatic heterocycles. The fraction of sp³-hybridized carbons (Fsp3) is 0.500. The van der Waals surface area contributed by atoms with Gasteiger partial charge < -0.3 is 16.4 Å². The largest absolute Gasteiger partial charge is 0.396 e. The number of benzene rings is 1. The molecule has 1 aromatic rings. The molecule has 5 nitrogen and oxygen atoms in total. The van der Waals surface area contributed by atoms with Gasteiger partial charge in [0.05, 0.1) is 16.9 Å². The molecule has 0 radical (unpaired) electrons. The third kappa shape index (κ3) is 2.51. The lowest BCUT2D eigenvalue weighted by atomic mass is 10.1. The van der Waals surface area contributed by atoms with Crippen LogP contribution in [-0.2, 0) is 0 Å². The van der Waals surface area contributed by atoms with Crippen molar-refractivity contribution < 1.29 is 4.79 Å². The predicted octanol–water partition coefficient (Wildman–Crippen LogP) is 0.897. The summed E-state index contributed by atoms with van der Waals surface area (Å²) in [6.07, 6.45) is 0. The zero-order chi connectivity index (χ0) is 14.2. The van der Waals surface area contributed by atoms with Gasteiger partial charge in [0.15, 0.2) is 0 Å². The van der Waals surface area contributed by atoms with Crippen LogP contribution in [0.4, 0.5) is 11.4 Å². The minimum absolute atomic E-state index is 0.400. The van der Waals surface area contributed by atoms with Crippen LogP contribution in [0, 0.1) is 0 Å². The number of nitrogen functional groups attached to an aromatic ring is 1. The first-order chi connectivity index (χ1) is 8.91. The Labute approximate surface area is 114 Å². The molecule has 104 valence electrons. The molecule has 1 heterocycles. The van der Waals surface area contributed by atoms with Crippen LogP contribution in [0.15, 0.2) is 18.2 Å². The van der Waals surface area contributed by atoms with E-state index in [1.807, 2.05) is 12.1 Å². The van der Waals surface area contributed by atoms with Gasteiger partial charge in [-0.1, -0.05) is 6.07 Å². The number of hydrogen-bond acceptors (Lipinski definition) is 4. The van der Waals surface area contributed by atoms with Gasteiger partial charge in [0, 0.05) is 25.2 Å². The van der Waals surface area contributed by atoms with E-state index < -0.39 is 5.91 Å². The van der Waals surface area contributed by atoms with Crippen molar-refractivity contribution in [3.05, 3.63) is 23.8 Å². The third-order valence-electron chi connectivity index (χ3n) is 4.05. The van der Waals surface area contributed by atoms with Crippen LogP contribution in [0.3, 0.4) is 0 Å². The number of nitrogens with two attached hydrogens (primary N) is 2. The minimum atomic E-state index is -0.477. The SMILES string of the molecule is CC1CN(c2cccc(C(N)=O)c2N)CC(C)N1C. The van der Waals surface area contributed by atoms with Gasteiger partial charge in [0.25, 0.3) is 5.91 Å². The molecule has 1 saturated heterocycles. The number of primary amides is 1. The maximum absolute atomic E-state index is 11.4. The molecule has 0 aliphatic carbocycles. The van der Waals surface area contributed by atoms with Crippen molar-refractivity contribution in [1.82, 2.24) is 4.90 Å². The smallest absolute Gasteiger partial charge is 0.250 e. The highest BCUT2D eigenvalue weighted by molar-refractivity contribution is 6.00. The quantitative estimate of drug-likeness (QED) is 0.776. The highest BCUT2D eigenvalue weighted by Crippen LogP contribution is 2.29. The van der Waals surface area contributed by atoms with E-state index in [0.29, 0.717) is 23.3 Å². The Morgan fingerprint density at radius 1 is 1.26 bits per heavy atom. The Kier molecular flexibility index (Phi) is 3.66. The minimum Gasteiger partial charge on any atom is -0.396 e. The Bertz CT molecular complexity index is 476. The summed E-state index contributed by atoms with van der Waals surface area (Å²) in [7, 11) is 2.13. The number of rotatable bonds is 2. The number of amides is 1. The van der Waals surface area contributed by atoms with Crippen molar-refractivity contribution in [2.45, 2.75) is 25.9 Å². The van der Waals surface area contributed by atoms with Crippen molar-refractivity contribution in [3.8, 4) is 0 Å². The highest BCUT2D eigenvalue weighted by Gasteiger charge is 2.28. The zero-order valence-electron chi connectivity index (χ0n) is 11.8. The van der Waals surface area contributed by atoms with Crippen LogP contribution in [0.5, 0.6) is 0 Å².